The molecule has 0 aromatic heterocycles. The second-order valence-corrected chi connectivity index (χ2v) is 3.43. The Kier molecular flexibility index (Phi) is 4.39. The molecule has 0 unspecified atom stereocenters. The van der Waals surface area contributed by atoms with Gasteiger partial charge in [-0.15, -0.1) is 0 Å². The standard InChI is InChI=1S/C10H17NO4/c1-3-15-10(13)11-7-5-4-6-8(11)9(12)14-2/h8H,3-7H2,1-2H3/t8-/m0/s1. The van der Waals surface area contributed by atoms with Gasteiger partial charge in [-0.3, -0.25) is 4.90 Å². The van der Waals surface area contributed by atoms with E-state index < -0.39 is 12.1 Å². The lowest BCUT2D eigenvalue weighted by Gasteiger charge is -2.32. The van der Waals surface area contributed by atoms with E-state index in [1.54, 1.807) is 6.92 Å². The van der Waals surface area contributed by atoms with E-state index in [4.69, 9.17) is 4.74 Å². The third kappa shape index (κ3) is 2.84. The van der Waals surface area contributed by atoms with Crippen molar-refractivity contribution < 1.29 is 19.1 Å². The molecule has 1 aliphatic rings. The minimum absolute atomic E-state index is 0.323. The van der Waals surface area contributed by atoms with E-state index >= 15 is 0 Å². The highest BCUT2D eigenvalue weighted by atomic mass is 16.6. The molecule has 1 heterocycles. The van der Waals surface area contributed by atoms with Crippen LogP contribution in [0.15, 0.2) is 0 Å². The number of piperidine rings is 1. The Bertz CT molecular complexity index is 242. The molecule has 5 nitrogen and oxygen atoms in total. The van der Waals surface area contributed by atoms with Gasteiger partial charge in [0, 0.05) is 6.54 Å². The summed E-state index contributed by atoms with van der Waals surface area (Å²) in [6.45, 7) is 2.64. The zero-order chi connectivity index (χ0) is 11.3. The number of amides is 1. The molecule has 1 rings (SSSR count). The average molecular weight is 215 g/mol. The average Bonchev–Trinajstić information content (AvgIpc) is 2.28. The zero-order valence-corrected chi connectivity index (χ0v) is 9.19. The number of carbonyl (C=O) groups is 2. The second kappa shape index (κ2) is 5.58. The van der Waals surface area contributed by atoms with Gasteiger partial charge in [0.15, 0.2) is 0 Å². The van der Waals surface area contributed by atoms with Gasteiger partial charge in [0.2, 0.25) is 0 Å². The van der Waals surface area contributed by atoms with Crippen LogP contribution in [-0.2, 0) is 14.3 Å². The molecule has 1 fully saturated rings. The fourth-order valence-corrected chi connectivity index (χ4v) is 1.74. The van der Waals surface area contributed by atoms with E-state index in [1.165, 1.54) is 12.0 Å². The van der Waals surface area contributed by atoms with Crippen LogP contribution in [0, 0.1) is 0 Å². The van der Waals surface area contributed by atoms with Crippen molar-refractivity contribution in [1.29, 1.82) is 0 Å². The Balaban J connectivity index is 2.65. The topological polar surface area (TPSA) is 55.8 Å². The number of esters is 1. The largest absolute Gasteiger partial charge is 0.467 e. The zero-order valence-electron chi connectivity index (χ0n) is 9.19. The van der Waals surface area contributed by atoms with E-state index in [-0.39, 0.29) is 5.97 Å². The molecule has 86 valence electrons. The predicted octanol–water partition coefficient (Wildman–Crippen LogP) is 1.17. The molecule has 0 aliphatic carbocycles. The monoisotopic (exact) mass is 215 g/mol. The first kappa shape index (κ1) is 11.8. The maximum absolute atomic E-state index is 11.5. The van der Waals surface area contributed by atoms with E-state index in [1.807, 2.05) is 0 Å². The van der Waals surface area contributed by atoms with Gasteiger partial charge < -0.3 is 9.47 Å². The maximum Gasteiger partial charge on any atom is 0.410 e. The number of nitrogens with zero attached hydrogens (tertiary/aromatic N) is 1. The number of likely N-dealkylation sites (tertiary alicyclic amines) is 1. The third-order valence-corrected chi connectivity index (χ3v) is 2.48. The number of rotatable bonds is 2. The fourth-order valence-electron chi connectivity index (χ4n) is 1.74. The van der Waals surface area contributed by atoms with Crippen LogP contribution in [0.5, 0.6) is 0 Å². The van der Waals surface area contributed by atoms with Gasteiger partial charge in [-0.25, -0.2) is 9.59 Å². The highest BCUT2D eigenvalue weighted by Crippen LogP contribution is 2.18. The van der Waals surface area contributed by atoms with Crippen molar-refractivity contribution in [2.75, 3.05) is 20.3 Å². The summed E-state index contributed by atoms with van der Waals surface area (Å²) < 4.78 is 9.55. The van der Waals surface area contributed by atoms with Crippen LogP contribution < -0.4 is 0 Å². The molecule has 0 saturated carbocycles. The first-order valence-electron chi connectivity index (χ1n) is 5.22. The Morgan fingerprint density at radius 3 is 2.73 bits per heavy atom. The molecule has 0 radical (unpaired) electrons. The molecule has 0 N–H and O–H groups in total. The Morgan fingerprint density at radius 1 is 1.40 bits per heavy atom. The smallest absolute Gasteiger partial charge is 0.410 e. The maximum atomic E-state index is 11.5. The number of methoxy groups -OCH3 is 1. The molecule has 5 heteroatoms. The van der Waals surface area contributed by atoms with Crippen LogP contribution in [0.4, 0.5) is 4.79 Å². The Labute approximate surface area is 89.3 Å². The number of ether oxygens (including phenoxy) is 2. The summed E-state index contributed by atoms with van der Waals surface area (Å²) >= 11 is 0. The van der Waals surface area contributed by atoms with Gasteiger partial charge >= 0.3 is 12.1 Å². The van der Waals surface area contributed by atoms with E-state index in [0.29, 0.717) is 19.6 Å². The van der Waals surface area contributed by atoms with Crippen molar-refractivity contribution in [3.63, 3.8) is 0 Å². The summed E-state index contributed by atoms with van der Waals surface area (Å²) in [6.07, 6.45) is 2.08. The first-order chi connectivity index (χ1) is 7.20. The molecule has 1 amide bonds. The summed E-state index contributed by atoms with van der Waals surface area (Å²) in [7, 11) is 1.33. The third-order valence-electron chi connectivity index (χ3n) is 2.48. The predicted molar refractivity (Wildman–Crippen MR) is 53.4 cm³/mol. The van der Waals surface area contributed by atoms with Crippen molar-refractivity contribution in [2.45, 2.75) is 32.2 Å². The Hall–Kier alpha value is -1.26. The minimum atomic E-state index is -0.470. The molecule has 0 aromatic rings. The van der Waals surface area contributed by atoms with Gasteiger partial charge in [0.1, 0.15) is 6.04 Å². The molecule has 0 bridgehead atoms. The SMILES string of the molecule is CCOC(=O)N1CCCC[C@H]1C(=O)OC. The lowest BCUT2D eigenvalue weighted by atomic mass is 10.0. The van der Waals surface area contributed by atoms with Gasteiger partial charge in [0.25, 0.3) is 0 Å². The number of hydrogen-bond donors (Lipinski definition) is 0. The molecule has 1 atom stereocenters. The summed E-state index contributed by atoms with van der Waals surface area (Å²) in [5.74, 6) is -0.359. The molecule has 1 saturated heterocycles. The molecular weight excluding hydrogens is 198 g/mol. The Morgan fingerprint density at radius 2 is 2.13 bits per heavy atom. The normalized spacial score (nSPS) is 20.9. The fraction of sp³-hybridized carbons (Fsp3) is 0.800. The van der Waals surface area contributed by atoms with Crippen molar-refractivity contribution >= 4 is 12.1 Å². The first-order valence-corrected chi connectivity index (χ1v) is 5.22. The van der Waals surface area contributed by atoms with E-state index in [2.05, 4.69) is 4.74 Å². The van der Waals surface area contributed by atoms with Crippen LogP contribution in [-0.4, -0.2) is 43.3 Å². The molecular formula is C10H17NO4. The summed E-state index contributed by atoms with van der Waals surface area (Å²) in [6, 6.07) is -0.470. The molecule has 0 aromatic carbocycles. The van der Waals surface area contributed by atoms with Crippen molar-refractivity contribution in [2.24, 2.45) is 0 Å². The van der Waals surface area contributed by atoms with Crippen LogP contribution >= 0.6 is 0 Å². The van der Waals surface area contributed by atoms with E-state index in [9.17, 15) is 9.59 Å². The van der Waals surface area contributed by atoms with Crippen LogP contribution in [0.2, 0.25) is 0 Å². The lowest BCUT2D eigenvalue weighted by molar-refractivity contribution is -0.147. The molecule has 1 aliphatic heterocycles. The van der Waals surface area contributed by atoms with Crippen LogP contribution in [0.1, 0.15) is 26.2 Å². The van der Waals surface area contributed by atoms with Gasteiger partial charge in [-0.2, -0.15) is 0 Å². The number of hydrogen-bond acceptors (Lipinski definition) is 4. The van der Waals surface area contributed by atoms with Gasteiger partial charge in [-0.05, 0) is 26.2 Å². The second-order valence-electron chi connectivity index (χ2n) is 3.43. The summed E-state index contributed by atoms with van der Waals surface area (Å²) in [4.78, 5) is 24.4. The van der Waals surface area contributed by atoms with Crippen molar-refractivity contribution in [3.05, 3.63) is 0 Å². The van der Waals surface area contributed by atoms with Crippen LogP contribution in [0.3, 0.4) is 0 Å². The summed E-state index contributed by atoms with van der Waals surface area (Å²) in [5, 5.41) is 0. The van der Waals surface area contributed by atoms with E-state index in [0.717, 1.165) is 12.8 Å². The lowest BCUT2D eigenvalue weighted by Crippen LogP contribution is -2.48. The van der Waals surface area contributed by atoms with Crippen molar-refractivity contribution in [1.82, 2.24) is 4.90 Å². The molecule has 15 heavy (non-hydrogen) atoms. The van der Waals surface area contributed by atoms with Gasteiger partial charge in [0.05, 0.1) is 13.7 Å². The molecule has 0 spiro atoms. The highest BCUT2D eigenvalue weighted by molar-refractivity contribution is 5.81. The minimum Gasteiger partial charge on any atom is -0.467 e. The number of carbonyl (C=O) groups excluding carboxylic acids is 2. The van der Waals surface area contributed by atoms with Crippen molar-refractivity contribution in [3.8, 4) is 0 Å². The van der Waals surface area contributed by atoms with Gasteiger partial charge in [-0.1, -0.05) is 0 Å². The quantitative estimate of drug-likeness (QED) is 0.649. The highest BCUT2D eigenvalue weighted by Gasteiger charge is 2.33. The van der Waals surface area contributed by atoms with Crippen LogP contribution in [0.25, 0.3) is 0 Å². The summed E-state index contributed by atoms with van der Waals surface area (Å²) in [5.41, 5.74) is 0.